The predicted molar refractivity (Wildman–Crippen MR) is 85.9 cm³/mol. The van der Waals surface area contributed by atoms with Crippen LogP contribution in [-0.2, 0) is 6.42 Å². The lowest BCUT2D eigenvalue weighted by Crippen LogP contribution is -2.23. The van der Waals surface area contributed by atoms with E-state index in [0.717, 1.165) is 30.9 Å². The highest BCUT2D eigenvalue weighted by Gasteiger charge is 2.18. The molecule has 0 radical (unpaired) electrons. The van der Waals surface area contributed by atoms with Gasteiger partial charge >= 0.3 is 0 Å². The lowest BCUT2D eigenvalue weighted by atomic mass is 9.94. The van der Waals surface area contributed by atoms with Crippen molar-refractivity contribution in [2.45, 2.75) is 39.7 Å². The van der Waals surface area contributed by atoms with Crippen molar-refractivity contribution >= 4 is 0 Å². The van der Waals surface area contributed by atoms with Gasteiger partial charge in [0.05, 0.1) is 13.4 Å². The molecule has 0 amide bonds. The maximum absolute atomic E-state index is 5.61. The van der Waals surface area contributed by atoms with Crippen LogP contribution in [0.15, 0.2) is 34.9 Å². The number of methoxy groups -OCH3 is 1. The van der Waals surface area contributed by atoms with E-state index in [9.17, 15) is 0 Å². The molecule has 1 unspecified atom stereocenters. The zero-order valence-electron chi connectivity index (χ0n) is 13.4. The van der Waals surface area contributed by atoms with Crippen molar-refractivity contribution in [1.29, 1.82) is 0 Å². The molecule has 2 rings (SSSR count). The van der Waals surface area contributed by atoms with Crippen LogP contribution in [0.1, 0.15) is 41.8 Å². The zero-order valence-corrected chi connectivity index (χ0v) is 13.4. The van der Waals surface area contributed by atoms with Gasteiger partial charge in [0.1, 0.15) is 11.5 Å². The molecule has 0 fully saturated rings. The smallest absolute Gasteiger partial charge is 0.124 e. The Morgan fingerprint density at radius 1 is 1.29 bits per heavy atom. The molecule has 2 aromatic rings. The minimum atomic E-state index is 0.274. The van der Waals surface area contributed by atoms with E-state index >= 15 is 0 Å². The molecule has 1 aromatic carbocycles. The van der Waals surface area contributed by atoms with E-state index in [1.807, 2.05) is 12.1 Å². The third-order valence-corrected chi connectivity index (χ3v) is 3.77. The molecule has 1 atom stereocenters. The molecule has 114 valence electrons. The molecule has 1 N–H and O–H groups in total. The molecule has 1 heterocycles. The first-order chi connectivity index (χ1) is 10.2. The van der Waals surface area contributed by atoms with Gasteiger partial charge in [-0.25, -0.2) is 0 Å². The highest BCUT2D eigenvalue weighted by atomic mass is 16.5. The summed E-state index contributed by atoms with van der Waals surface area (Å²) in [5, 5.41) is 3.57. The summed E-state index contributed by atoms with van der Waals surface area (Å²) >= 11 is 0. The maximum atomic E-state index is 5.61. The molecule has 21 heavy (non-hydrogen) atoms. The first-order valence-electron chi connectivity index (χ1n) is 7.56. The van der Waals surface area contributed by atoms with Gasteiger partial charge in [-0.2, -0.15) is 0 Å². The monoisotopic (exact) mass is 287 g/mol. The summed E-state index contributed by atoms with van der Waals surface area (Å²) in [5.41, 5.74) is 3.77. The van der Waals surface area contributed by atoms with Crippen molar-refractivity contribution in [3.8, 4) is 5.75 Å². The van der Waals surface area contributed by atoms with Gasteiger partial charge in [0.15, 0.2) is 0 Å². The zero-order chi connectivity index (χ0) is 15.2. The van der Waals surface area contributed by atoms with Gasteiger partial charge in [-0.3, -0.25) is 0 Å². The third kappa shape index (κ3) is 3.88. The lowest BCUT2D eigenvalue weighted by Gasteiger charge is -2.23. The Hall–Kier alpha value is -1.74. The summed E-state index contributed by atoms with van der Waals surface area (Å²) < 4.78 is 11.1. The van der Waals surface area contributed by atoms with Crippen LogP contribution in [0.25, 0.3) is 0 Å². The summed E-state index contributed by atoms with van der Waals surface area (Å²) in [7, 11) is 1.74. The molecule has 1 aromatic heterocycles. The van der Waals surface area contributed by atoms with Crippen molar-refractivity contribution in [2.75, 3.05) is 13.7 Å². The van der Waals surface area contributed by atoms with Gasteiger partial charge in [0, 0.05) is 18.0 Å². The third-order valence-electron chi connectivity index (χ3n) is 3.77. The van der Waals surface area contributed by atoms with Crippen molar-refractivity contribution in [1.82, 2.24) is 5.32 Å². The van der Waals surface area contributed by atoms with Crippen LogP contribution < -0.4 is 10.1 Å². The van der Waals surface area contributed by atoms with E-state index in [4.69, 9.17) is 9.15 Å². The highest BCUT2D eigenvalue weighted by Crippen LogP contribution is 2.32. The van der Waals surface area contributed by atoms with Crippen molar-refractivity contribution in [3.05, 3.63) is 53.0 Å². The molecule has 0 saturated carbocycles. The molecular formula is C18H25NO2. The van der Waals surface area contributed by atoms with E-state index in [-0.39, 0.29) is 6.04 Å². The number of hydrogen-bond acceptors (Lipinski definition) is 3. The van der Waals surface area contributed by atoms with E-state index < -0.39 is 0 Å². The second kappa shape index (κ2) is 7.32. The molecule has 0 spiro atoms. The standard InChI is InChI=1S/C18H25NO2/c1-5-19-16(9-8-15-7-6-10-21-15)18-14(3)11-13(2)12-17(18)20-4/h6-7,10-12,16,19H,5,8-9H2,1-4H3. The summed E-state index contributed by atoms with van der Waals surface area (Å²) in [6.45, 7) is 7.32. The molecule has 0 aliphatic rings. The fraction of sp³-hybridized carbons (Fsp3) is 0.444. The predicted octanol–water partition coefficient (Wildman–Crippen LogP) is 4.19. The molecule has 0 aliphatic heterocycles. The molecule has 0 saturated heterocycles. The van der Waals surface area contributed by atoms with E-state index in [0.29, 0.717) is 0 Å². The lowest BCUT2D eigenvalue weighted by molar-refractivity contribution is 0.391. The van der Waals surface area contributed by atoms with Crippen LogP contribution in [0.3, 0.4) is 0 Å². The fourth-order valence-electron chi connectivity index (χ4n) is 2.89. The second-order valence-electron chi connectivity index (χ2n) is 5.43. The summed E-state index contributed by atoms with van der Waals surface area (Å²) in [6, 6.07) is 8.57. The number of furan rings is 1. The first-order valence-corrected chi connectivity index (χ1v) is 7.56. The van der Waals surface area contributed by atoms with Gasteiger partial charge in [0.2, 0.25) is 0 Å². The van der Waals surface area contributed by atoms with Gasteiger partial charge in [-0.1, -0.05) is 13.0 Å². The van der Waals surface area contributed by atoms with Crippen molar-refractivity contribution in [2.24, 2.45) is 0 Å². The molecule has 0 bridgehead atoms. The van der Waals surface area contributed by atoms with Crippen molar-refractivity contribution in [3.63, 3.8) is 0 Å². The topological polar surface area (TPSA) is 34.4 Å². The highest BCUT2D eigenvalue weighted by molar-refractivity contribution is 5.45. The molecule has 3 heteroatoms. The minimum absolute atomic E-state index is 0.274. The number of ether oxygens (including phenoxy) is 1. The Labute approximate surface area is 127 Å². The minimum Gasteiger partial charge on any atom is -0.496 e. The quantitative estimate of drug-likeness (QED) is 0.829. The normalized spacial score (nSPS) is 12.4. The van der Waals surface area contributed by atoms with Crippen LogP contribution >= 0.6 is 0 Å². The van der Waals surface area contributed by atoms with Crippen LogP contribution in [0.5, 0.6) is 5.75 Å². The van der Waals surface area contributed by atoms with Gasteiger partial charge in [-0.05, 0) is 56.1 Å². The van der Waals surface area contributed by atoms with Crippen LogP contribution in [0.4, 0.5) is 0 Å². The SMILES string of the molecule is CCNC(CCc1ccco1)c1c(C)cc(C)cc1OC. The van der Waals surface area contributed by atoms with Crippen LogP contribution in [0, 0.1) is 13.8 Å². The number of aryl methyl sites for hydroxylation is 3. The Morgan fingerprint density at radius 2 is 2.10 bits per heavy atom. The summed E-state index contributed by atoms with van der Waals surface area (Å²) in [6.07, 6.45) is 3.64. The first kappa shape index (κ1) is 15.6. The number of rotatable bonds is 7. The molecule has 0 aliphatic carbocycles. The average molecular weight is 287 g/mol. The Morgan fingerprint density at radius 3 is 2.71 bits per heavy atom. The van der Waals surface area contributed by atoms with E-state index in [1.165, 1.54) is 16.7 Å². The van der Waals surface area contributed by atoms with E-state index in [2.05, 4.69) is 38.2 Å². The molecular weight excluding hydrogens is 262 g/mol. The largest absolute Gasteiger partial charge is 0.496 e. The maximum Gasteiger partial charge on any atom is 0.124 e. The Bertz CT molecular complexity index is 561. The summed E-state index contributed by atoms with van der Waals surface area (Å²) in [5.74, 6) is 2.00. The van der Waals surface area contributed by atoms with Crippen LogP contribution in [-0.4, -0.2) is 13.7 Å². The summed E-state index contributed by atoms with van der Waals surface area (Å²) in [4.78, 5) is 0. The second-order valence-corrected chi connectivity index (χ2v) is 5.43. The Kier molecular flexibility index (Phi) is 5.45. The Balaban J connectivity index is 2.24. The van der Waals surface area contributed by atoms with Crippen LogP contribution in [0.2, 0.25) is 0 Å². The fourth-order valence-corrected chi connectivity index (χ4v) is 2.89. The van der Waals surface area contributed by atoms with Gasteiger partial charge in [-0.15, -0.1) is 0 Å². The van der Waals surface area contributed by atoms with Gasteiger partial charge in [0.25, 0.3) is 0 Å². The number of nitrogens with one attached hydrogen (secondary N) is 1. The van der Waals surface area contributed by atoms with Gasteiger partial charge < -0.3 is 14.5 Å². The number of benzene rings is 1. The average Bonchev–Trinajstić information content (AvgIpc) is 2.96. The molecule has 3 nitrogen and oxygen atoms in total. The van der Waals surface area contributed by atoms with E-state index in [1.54, 1.807) is 13.4 Å². The number of hydrogen-bond donors (Lipinski definition) is 1. The van der Waals surface area contributed by atoms with Crippen molar-refractivity contribution < 1.29 is 9.15 Å².